The molecule has 4 heteroatoms. The van der Waals surface area contributed by atoms with E-state index >= 15 is 0 Å². The molecule has 1 aliphatic heterocycles. The van der Waals surface area contributed by atoms with Gasteiger partial charge < -0.3 is 10.4 Å². The Hall–Kier alpha value is -1.13. The summed E-state index contributed by atoms with van der Waals surface area (Å²) in [4.78, 5) is 6.86. The van der Waals surface area contributed by atoms with Crippen LogP contribution in [0, 0.1) is 0 Å². The topological polar surface area (TPSA) is 48.4 Å². The SMILES string of the molecule is CCCNc1ccc(CN2CCCC(C)(O)CC2)cn1. The van der Waals surface area contributed by atoms with E-state index in [0.29, 0.717) is 0 Å². The third-order valence-electron chi connectivity index (χ3n) is 3.94. The van der Waals surface area contributed by atoms with E-state index in [1.165, 1.54) is 5.56 Å². The molecule has 0 spiro atoms. The van der Waals surface area contributed by atoms with Gasteiger partial charge in [0.05, 0.1) is 5.60 Å². The first-order valence-electron chi connectivity index (χ1n) is 7.72. The zero-order chi connectivity index (χ0) is 14.4. The smallest absolute Gasteiger partial charge is 0.125 e. The van der Waals surface area contributed by atoms with Crippen molar-refractivity contribution in [1.29, 1.82) is 0 Å². The summed E-state index contributed by atoms with van der Waals surface area (Å²) in [6.07, 6.45) is 5.90. The minimum atomic E-state index is -0.485. The zero-order valence-electron chi connectivity index (χ0n) is 12.7. The lowest BCUT2D eigenvalue weighted by Gasteiger charge is -2.22. The molecule has 0 radical (unpaired) electrons. The molecule has 1 atom stereocenters. The van der Waals surface area contributed by atoms with Crippen LogP contribution < -0.4 is 5.32 Å². The average molecular weight is 277 g/mol. The number of aliphatic hydroxyl groups is 1. The Morgan fingerprint density at radius 1 is 1.35 bits per heavy atom. The van der Waals surface area contributed by atoms with Crippen molar-refractivity contribution in [3.63, 3.8) is 0 Å². The Labute approximate surface area is 122 Å². The van der Waals surface area contributed by atoms with Crippen LogP contribution in [-0.4, -0.2) is 40.2 Å². The maximum Gasteiger partial charge on any atom is 0.125 e. The summed E-state index contributed by atoms with van der Waals surface area (Å²) in [6.45, 7) is 8.02. The van der Waals surface area contributed by atoms with Crippen molar-refractivity contribution >= 4 is 5.82 Å². The van der Waals surface area contributed by atoms with Crippen molar-refractivity contribution in [3.05, 3.63) is 23.9 Å². The van der Waals surface area contributed by atoms with Crippen molar-refractivity contribution in [1.82, 2.24) is 9.88 Å². The van der Waals surface area contributed by atoms with Gasteiger partial charge in [0.1, 0.15) is 5.82 Å². The highest BCUT2D eigenvalue weighted by Gasteiger charge is 2.24. The summed E-state index contributed by atoms with van der Waals surface area (Å²) in [6, 6.07) is 4.20. The van der Waals surface area contributed by atoms with Crippen LogP contribution in [0.3, 0.4) is 0 Å². The minimum absolute atomic E-state index is 0.485. The maximum absolute atomic E-state index is 10.1. The molecular weight excluding hydrogens is 250 g/mol. The third-order valence-corrected chi connectivity index (χ3v) is 3.94. The van der Waals surface area contributed by atoms with E-state index in [1.54, 1.807) is 0 Å². The first-order valence-corrected chi connectivity index (χ1v) is 7.72. The molecule has 2 N–H and O–H groups in total. The summed E-state index contributed by atoms with van der Waals surface area (Å²) in [5.41, 5.74) is 0.759. The number of rotatable bonds is 5. The molecule has 2 heterocycles. The number of pyridine rings is 1. The summed E-state index contributed by atoms with van der Waals surface area (Å²) in [5.74, 6) is 0.953. The third kappa shape index (κ3) is 4.76. The van der Waals surface area contributed by atoms with Crippen molar-refractivity contribution in [2.75, 3.05) is 25.0 Å². The maximum atomic E-state index is 10.1. The predicted molar refractivity (Wildman–Crippen MR) is 82.8 cm³/mol. The van der Waals surface area contributed by atoms with Gasteiger partial charge in [-0.25, -0.2) is 4.98 Å². The van der Waals surface area contributed by atoms with Crippen molar-refractivity contribution in [2.24, 2.45) is 0 Å². The van der Waals surface area contributed by atoms with Gasteiger partial charge in [-0.05, 0) is 50.8 Å². The van der Waals surface area contributed by atoms with Crippen molar-refractivity contribution < 1.29 is 5.11 Å². The highest BCUT2D eigenvalue weighted by molar-refractivity contribution is 5.35. The number of anilines is 1. The molecule has 112 valence electrons. The fourth-order valence-electron chi connectivity index (χ4n) is 2.61. The van der Waals surface area contributed by atoms with Gasteiger partial charge in [0.25, 0.3) is 0 Å². The van der Waals surface area contributed by atoms with Gasteiger partial charge in [0.15, 0.2) is 0 Å². The van der Waals surface area contributed by atoms with E-state index in [1.807, 2.05) is 13.1 Å². The molecule has 1 fully saturated rings. The molecule has 1 aromatic rings. The van der Waals surface area contributed by atoms with Crippen LogP contribution >= 0.6 is 0 Å². The number of likely N-dealkylation sites (tertiary alicyclic amines) is 1. The Morgan fingerprint density at radius 3 is 2.90 bits per heavy atom. The molecular formula is C16H27N3O. The van der Waals surface area contributed by atoms with Crippen LogP contribution in [0.15, 0.2) is 18.3 Å². The number of hydrogen-bond donors (Lipinski definition) is 2. The van der Waals surface area contributed by atoms with Crippen LogP contribution in [0.1, 0.15) is 45.1 Å². The molecule has 1 aliphatic rings. The zero-order valence-corrected chi connectivity index (χ0v) is 12.7. The van der Waals surface area contributed by atoms with Crippen molar-refractivity contribution in [3.8, 4) is 0 Å². The summed E-state index contributed by atoms with van der Waals surface area (Å²) in [5, 5.41) is 13.4. The first kappa shape index (κ1) is 15.3. The van der Waals surface area contributed by atoms with Gasteiger partial charge >= 0.3 is 0 Å². The predicted octanol–water partition coefficient (Wildman–Crippen LogP) is 2.64. The molecule has 0 saturated carbocycles. The van der Waals surface area contributed by atoms with E-state index in [2.05, 4.69) is 34.3 Å². The normalized spacial score (nSPS) is 24.4. The molecule has 2 rings (SSSR count). The molecule has 1 unspecified atom stereocenters. The Balaban J connectivity index is 1.86. The molecule has 0 bridgehead atoms. The Morgan fingerprint density at radius 2 is 2.20 bits per heavy atom. The molecule has 0 aromatic carbocycles. The minimum Gasteiger partial charge on any atom is -0.390 e. The van der Waals surface area contributed by atoms with E-state index in [-0.39, 0.29) is 0 Å². The van der Waals surface area contributed by atoms with Gasteiger partial charge in [0, 0.05) is 25.8 Å². The van der Waals surface area contributed by atoms with Gasteiger partial charge in [-0.3, -0.25) is 4.90 Å². The average Bonchev–Trinajstić information content (AvgIpc) is 2.59. The van der Waals surface area contributed by atoms with Crippen LogP contribution in [0.5, 0.6) is 0 Å². The van der Waals surface area contributed by atoms with Gasteiger partial charge in [0.2, 0.25) is 0 Å². The summed E-state index contributed by atoms with van der Waals surface area (Å²) < 4.78 is 0. The number of nitrogens with zero attached hydrogens (tertiary/aromatic N) is 2. The molecule has 20 heavy (non-hydrogen) atoms. The lowest BCUT2D eigenvalue weighted by atomic mass is 9.98. The second-order valence-corrected chi connectivity index (χ2v) is 6.11. The van der Waals surface area contributed by atoms with E-state index in [9.17, 15) is 5.11 Å². The fourth-order valence-corrected chi connectivity index (χ4v) is 2.61. The van der Waals surface area contributed by atoms with E-state index < -0.39 is 5.60 Å². The van der Waals surface area contributed by atoms with E-state index in [0.717, 1.165) is 57.7 Å². The largest absolute Gasteiger partial charge is 0.390 e. The van der Waals surface area contributed by atoms with Gasteiger partial charge in [-0.1, -0.05) is 13.0 Å². The van der Waals surface area contributed by atoms with Gasteiger partial charge in [-0.15, -0.1) is 0 Å². The quantitative estimate of drug-likeness (QED) is 0.868. The van der Waals surface area contributed by atoms with Crippen LogP contribution in [-0.2, 0) is 6.54 Å². The summed E-state index contributed by atoms with van der Waals surface area (Å²) >= 11 is 0. The molecule has 1 saturated heterocycles. The molecule has 1 aromatic heterocycles. The van der Waals surface area contributed by atoms with Crippen molar-refractivity contribution in [2.45, 2.75) is 51.7 Å². The first-order chi connectivity index (χ1) is 9.59. The van der Waals surface area contributed by atoms with Crippen LogP contribution in [0.25, 0.3) is 0 Å². The Kier molecular flexibility index (Phi) is 5.38. The summed E-state index contributed by atoms with van der Waals surface area (Å²) in [7, 11) is 0. The number of aromatic nitrogens is 1. The molecule has 0 aliphatic carbocycles. The monoisotopic (exact) mass is 277 g/mol. The number of hydrogen-bond acceptors (Lipinski definition) is 4. The Bertz CT molecular complexity index is 403. The van der Waals surface area contributed by atoms with Gasteiger partial charge in [-0.2, -0.15) is 0 Å². The molecule has 0 amide bonds. The lowest BCUT2D eigenvalue weighted by molar-refractivity contribution is 0.0444. The second kappa shape index (κ2) is 7.04. The number of nitrogens with one attached hydrogen (secondary N) is 1. The van der Waals surface area contributed by atoms with Crippen LogP contribution in [0.4, 0.5) is 5.82 Å². The second-order valence-electron chi connectivity index (χ2n) is 6.11. The highest BCUT2D eigenvalue weighted by atomic mass is 16.3. The fraction of sp³-hybridized carbons (Fsp3) is 0.688. The molecule has 4 nitrogen and oxygen atoms in total. The lowest BCUT2D eigenvalue weighted by Crippen LogP contribution is -2.28. The standard InChI is InChI=1S/C16H27N3O/c1-3-9-17-15-6-5-14(12-18-15)13-19-10-4-7-16(2,20)8-11-19/h5-6,12,20H,3-4,7-11,13H2,1-2H3,(H,17,18). The van der Waals surface area contributed by atoms with Crippen LogP contribution in [0.2, 0.25) is 0 Å². The highest BCUT2D eigenvalue weighted by Crippen LogP contribution is 2.22. The van der Waals surface area contributed by atoms with E-state index in [4.69, 9.17) is 0 Å².